The van der Waals surface area contributed by atoms with Crippen LogP contribution in [0.15, 0.2) is 0 Å². The van der Waals surface area contributed by atoms with Crippen molar-refractivity contribution in [2.45, 2.75) is 0 Å². The van der Waals surface area contributed by atoms with Crippen molar-refractivity contribution in [2.75, 3.05) is 6.26 Å². The van der Waals surface area contributed by atoms with E-state index < -0.39 is 6.09 Å². The number of amides is 1. The second-order valence-corrected chi connectivity index (χ2v) is 1.22. The molecule has 7 heavy (non-hydrogen) atoms. The summed E-state index contributed by atoms with van der Waals surface area (Å²) in [6.45, 7) is 0. The van der Waals surface area contributed by atoms with E-state index in [1.807, 2.05) is 4.72 Å². The van der Waals surface area contributed by atoms with Crippen molar-refractivity contribution in [1.82, 2.24) is 4.72 Å². The van der Waals surface area contributed by atoms with Crippen LogP contribution in [0.25, 0.3) is 0 Å². The third-order valence-electron chi connectivity index (χ3n) is 0.189. The predicted octanol–water partition coefficient (Wildman–Crippen LogP) is -0.116. The first-order valence-corrected chi connectivity index (χ1v) is 2.51. The van der Waals surface area contributed by atoms with Gasteiger partial charge < -0.3 is 5.11 Å². The van der Waals surface area contributed by atoms with Gasteiger partial charge in [-0.05, 0) is 0 Å². The number of carboxylic acid groups (broad SMARTS) is 1. The van der Waals surface area contributed by atoms with Crippen molar-refractivity contribution in [3.8, 4) is 0 Å². The monoisotopic (exact) mass is 131 g/mol. The third kappa shape index (κ3) is 10.8. The maximum absolute atomic E-state index is 9.47. The first kappa shape index (κ1) is 10.6. The molecule has 0 unspecified atom stereocenters. The summed E-state index contributed by atoms with van der Waals surface area (Å²) < 4.78 is 2.04. The molecular formula is C2H6NNaO2S. The van der Waals surface area contributed by atoms with E-state index >= 15 is 0 Å². The minimum absolute atomic E-state index is 0. The van der Waals surface area contributed by atoms with Gasteiger partial charge in [0.2, 0.25) is 0 Å². The van der Waals surface area contributed by atoms with Gasteiger partial charge in [0.1, 0.15) is 0 Å². The molecule has 0 aromatic heterocycles. The van der Waals surface area contributed by atoms with E-state index in [0.29, 0.717) is 0 Å². The Balaban J connectivity index is 0. The van der Waals surface area contributed by atoms with Gasteiger partial charge in [-0.15, -0.1) is 0 Å². The molecule has 0 saturated heterocycles. The van der Waals surface area contributed by atoms with Crippen molar-refractivity contribution >= 4 is 47.6 Å². The van der Waals surface area contributed by atoms with Gasteiger partial charge in [-0.3, -0.25) is 4.72 Å². The average Bonchev–Trinajstić information content (AvgIpc) is 1.35. The molecule has 0 aliphatic rings. The molecule has 0 saturated carbocycles. The fourth-order valence-electron chi connectivity index (χ4n) is 0.0873. The number of nitrogens with one attached hydrogen (secondary N) is 1. The van der Waals surface area contributed by atoms with Gasteiger partial charge in [0.25, 0.3) is 0 Å². The summed E-state index contributed by atoms with van der Waals surface area (Å²) in [6, 6.07) is 0. The summed E-state index contributed by atoms with van der Waals surface area (Å²) in [5, 5.41) is 7.78. The van der Waals surface area contributed by atoms with Crippen molar-refractivity contribution in [2.24, 2.45) is 0 Å². The van der Waals surface area contributed by atoms with Crippen molar-refractivity contribution in [3.63, 3.8) is 0 Å². The summed E-state index contributed by atoms with van der Waals surface area (Å²) in [7, 11) is 0. The van der Waals surface area contributed by atoms with Crippen LogP contribution < -0.4 is 4.72 Å². The number of carbonyl (C=O) groups is 1. The number of rotatable bonds is 1. The Morgan fingerprint density at radius 3 is 2.29 bits per heavy atom. The van der Waals surface area contributed by atoms with Gasteiger partial charge >= 0.3 is 35.7 Å². The molecule has 0 aliphatic carbocycles. The number of hydrogen-bond donors (Lipinski definition) is 2. The van der Waals surface area contributed by atoms with Gasteiger partial charge in [-0.1, -0.05) is 11.9 Å². The zero-order chi connectivity index (χ0) is 4.99. The van der Waals surface area contributed by atoms with Crippen LogP contribution in [0.4, 0.5) is 4.79 Å². The topological polar surface area (TPSA) is 49.3 Å². The first-order valence-electron chi connectivity index (χ1n) is 1.29. The molecule has 0 aliphatic heterocycles. The molecule has 0 atom stereocenters. The Hall–Kier alpha value is 0.620. The van der Waals surface area contributed by atoms with E-state index in [0.717, 1.165) is 11.9 Å². The summed E-state index contributed by atoms with van der Waals surface area (Å²) in [5.74, 6) is 0. The van der Waals surface area contributed by atoms with E-state index in [2.05, 4.69) is 0 Å². The Morgan fingerprint density at radius 1 is 1.86 bits per heavy atom. The first-order chi connectivity index (χ1) is 2.77. The molecule has 0 heterocycles. The van der Waals surface area contributed by atoms with E-state index in [-0.39, 0.29) is 29.6 Å². The SMILES string of the molecule is CSNC(=O)O.[NaH]. The van der Waals surface area contributed by atoms with E-state index in [1.54, 1.807) is 6.26 Å². The Morgan fingerprint density at radius 2 is 2.29 bits per heavy atom. The van der Waals surface area contributed by atoms with Crippen LogP contribution in [0.3, 0.4) is 0 Å². The Bertz CT molecular complexity index is 59.7. The average molecular weight is 131 g/mol. The minimum atomic E-state index is -0.998. The quantitative estimate of drug-likeness (QED) is 0.385. The van der Waals surface area contributed by atoms with Crippen LogP contribution in [-0.2, 0) is 0 Å². The van der Waals surface area contributed by atoms with Crippen molar-refractivity contribution in [3.05, 3.63) is 0 Å². The van der Waals surface area contributed by atoms with Crippen molar-refractivity contribution < 1.29 is 9.90 Å². The fourth-order valence-corrected chi connectivity index (χ4v) is 0.262. The molecule has 0 rings (SSSR count). The molecular weight excluding hydrogens is 125 g/mol. The van der Waals surface area contributed by atoms with Crippen LogP contribution in [-0.4, -0.2) is 47.0 Å². The van der Waals surface area contributed by atoms with E-state index in [9.17, 15) is 4.79 Å². The van der Waals surface area contributed by atoms with Crippen LogP contribution in [0.1, 0.15) is 0 Å². The van der Waals surface area contributed by atoms with Gasteiger partial charge in [0.05, 0.1) is 0 Å². The van der Waals surface area contributed by atoms with Crippen LogP contribution in [0.5, 0.6) is 0 Å². The number of hydrogen-bond acceptors (Lipinski definition) is 2. The van der Waals surface area contributed by atoms with Gasteiger partial charge in [0.15, 0.2) is 0 Å². The molecule has 1 amide bonds. The maximum atomic E-state index is 9.47. The van der Waals surface area contributed by atoms with Gasteiger partial charge in [-0.25, -0.2) is 4.79 Å². The van der Waals surface area contributed by atoms with Crippen LogP contribution in [0.2, 0.25) is 0 Å². The fraction of sp³-hybridized carbons (Fsp3) is 0.500. The summed E-state index contributed by atoms with van der Waals surface area (Å²) >= 11 is 1.06. The third-order valence-corrected chi connectivity index (χ3v) is 0.568. The second kappa shape index (κ2) is 6.62. The molecule has 0 aromatic carbocycles. The molecule has 0 bridgehead atoms. The molecule has 2 N–H and O–H groups in total. The van der Waals surface area contributed by atoms with Crippen LogP contribution >= 0.6 is 11.9 Å². The molecule has 5 heteroatoms. The summed E-state index contributed by atoms with van der Waals surface area (Å²) in [4.78, 5) is 9.47. The normalized spacial score (nSPS) is 6.43. The summed E-state index contributed by atoms with van der Waals surface area (Å²) in [6.07, 6.45) is 0.649. The molecule has 0 fully saturated rings. The Kier molecular flexibility index (Phi) is 10.00. The molecule has 0 aromatic rings. The van der Waals surface area contributed by atoms with Crippen molar-refractivity contribution in [1.29, 1.82) is 0 Å². The van der Waals surface area contributed by atoms with E-state index in [1.165, 1.54) is 0 Å². The Labute approximate surface area is 68.3 Å². The zero-order valence-electron chi connectivity index (χ0n) is 3.26. The molecule has 0 radical (unpaired) electrons. The molecule has 0 spiro atoms. The summed E-state index contributed by atoms with van der Waals surface area (Å²) in [5.41, 5.74) is 0. The van der Waals surface area contributed by atoms with Gasteiger partial charge in [0, 0.05) is 6.26 Å². The van der Waals surface area contributed by atoms with E-state index in [4.69, 9.17) is 5.11 Å². The second-order valence-electron chi connectivity index (χ2n) is 0.611. The molecule has 3 nitrogen and oxygen atoms in total. The zero-order valence-corrected chi connectivity index (χ0v) is 4.08. The predicted molar refractivity (Wildman–Crippen MR) is 31.8 cm³/mol. The van der Waals surface area contributed by atoms with Crippen LogP contribution in [0, 0.1) is 0 Å². The standard InChI is InChI=1S/C2H5NO2S.Na.H/c1-6-3-2(4)5;;/h3H,1H3,(H,4,5);;. The van der Waals surface area contributed by atoms with Gasteiger partial charge in [-0.2, -0.15) is 0 Å². The molecule has 38 valence electrons.